The third-order valence-corrected chi connectivity index (χ3v) is 9.07. The van der Waals surface area contributed by atoms with Gasteiger partial charge in [-0.05, 0) is 44.0 Å². The Balaban J connectivity index is 1.39. The third-order valence-electron chi connectivity index (χ3n) is 5.73. The van der Waals surface area contributed by atoms with Crippen molar-refractivity contribution in [3.05, 3.63) is 41.3 Å². The summed E-state index contributed by atoms with van der Waals surface area (Å²) in [6, 6.07) is 11.3. The van der Waals surface area contributed by atoms with E-state index in [-0.39, 0.29) is 18.4 Å². The summed E-state index contributed by atoms with van der Waals surface area (Å²) >= 11 is 1.28. The lowest BCUT2D eigenvalue weighted by Gasteiger charge is -2.32. The summed E-state index contributed by atoms with van der Waals surface area (Å²) in [5.74, 6) is 0.303. The van der Waals surface area contributed by atoms with E-state index >= 15 is 0 Å². The predicted molar refractivity (Wildman–Crippen MR) is 113 cm³/mol. The largest absolute Gasteiger partial charge is 0.308 e. The van der Waals surface area contributed by atoms with Crippen molar-refractivity contribution in [2.45, 2.75) is 30.5 Å². The highest BCUT2D eigenvalue weighted by molar-refractivity contribution is 7.91. The first-order valence-corrected chi connectivity index (χ1v) is 12.0. The molecule has 1 fully saturated rings. The van der Waals surface area contributed by atoms with E-state index < -0.39 is 10.0 Å². The molecule has 7 nitrogen and oxygen atoms in total. The Morgan fingerprint density at radius 2 is 1.97 bits per heavy atom. The molecule has 0 unspecified atom stereocenters. The van der Waals surface area contributed by atoms with E-state index in [1.807, 2.05) is 37.3 Å². The van der Waals surface area contributed by atoms with Gasteiger partial charge in [-0.2, -0.15) is 4.31 Å². The molecule has 29 heavy (non-hydrogen) atoms. The number of imidazole rings is 1. The van der Waals surface area contributed by atoms with Crippen LogP contribution in [-0.4, -0.2) is 47.8 Å². The van der Waals surface area contributed by atoms with Crippen molar-refractivity contribution in [2.75, 3.05) is 24.5 Å². The van der Waals surface area contributed by atoms with E-state index in [1.54, 1.807) is 11.0 Å². The molecule has 0 N–H and O–H groups in total. The molecule has 2 aliphatic heterocycles. The van der Waals surface area contributed by atoms with Gasteiger partial charge in [0.05, 0.1) is 17.0 Å². The minimum atomic E-state index is -3.55. The van der Waals surface area contributed by atoms with Crippen molar-refractivity contribution >= 4 is 44.2 Å². The monoisotopic (exact) mass is 430 g/mol. The fourth-order valence-electron chi connectivity index (χ4n) is 4.26. The molecule has 5 rings (SSSR count). The fraction of sp³-hybridized carbons (Fsp3) is 0.400. The molecule has 0 radical (unpaired) electrons. The number of nitrogens with zero attached hydrogens (tertiary/aromatic N) is 4. The summed E-state index contributed by atoms with van der Waals surface area (Å²) in [4.78, 5) is 20.6. The average molecular weight is 431 g/mol. The van der Waals surface area contributed by atoms with Crippen LogP contribution in [-0.2, 0) is 21.4 Å². The van der Waals surface area contributed by atoms with Crippen molar-refractivity contribution in [3.8, 4) is 0 Å². The summed E-state index contributed by atoms with van der Waals surface area (Å²) < 4.78 is 29.9. The number of para-hydroxylation sites is 2. The van der Waals surface area contributed by atoms with Crippen molar-refractivity contribution in [3.63, 3.8) is 0 Å². The van der Waals surface area contributed by atoms with Gasteiger partial charge in [0.2, 0.25) is 11.9 Å². The average Bonchev–Trinajstić information content (AvgIpc) is 3.42. The molecule has 0 saturated carbocycles. The molecule has 3 aromatic rings. The van der Waals surface area contributed by atoms with Crippen LogP contribution in [0.5, 0.6) is 0 Å². The van der Waals surface area contributed by atoms with Crippen LogP contribution < -0.4 is 4.90 Å². The van der Waals surface area contributed by atoms with E-state index in [2.05, 4.69) is 9.55 Å². The number of carbonyl (C=O) groups excluding carboxylic acids is 1. The lowest BCUT2D eigenvalue weighted by molar-refractivity contribution is -0.123. The van der Waals surface area contributed by atoms with E-state index in [9.17, 15) is 13.2 Å². The molecular weight excluding hydrogens is 408 g/mol. The molecule has 2 aromatic heterocycles. The number of sulfonamides is 1. The van der Waals surface area contributed by atoms with Crippen LogP contribution in [0.4, 0.5) is 5.95 Å². The molecule has 2 aliphatic rings. The second-order valence-corrected chi connectivity index (χ2v) is 11.1. The zero-order chi connectivity index (χ0) is 20.2. The minimum Gasteiger partial charge on any atom is -0.308 e. The smallest absolute Gasteiger partial charge is 0.252 e. The van der Waals surface area contributed by atoms with Crippen LogP contribution in [0.15, 0.2) is 40.6 Å². The molecule has 1 amide bonds. The Morgan fingerprint density at radius 1 is 1.14 bits per heavy atom. The molecule has 152 valence electrons. The maximum atomic E-state index is 13.3. The number of benzene rings is 1. The quantitative estimate of drug-likeness (QED) is 0.640. The van der Waals surface area contributed by atoms with Crippen molar-refractivity contribution in [1.29, 1.82) is 0 Å². The Hall–Kier alpha value is -2.23. The zero-order valence-electron chi connectivity index (χ0n) is 16.1. The first kappa shape index (κ1) is 18.8. The van der Waals surface area contributed by atoms with Gasteiger partial charge in [0.1, 0.15) is 4.21 Å². The van der Waals surface area contributed by atoms with Crippen LogP contribution >= 0.6 is 11.3 Å². The van der Waals surface area contributed by atoms with Crippen LogP contribution in [0.1, 0.15) is 17.7 Å². The molecule has 0 bridgehead atoms. The van der Waals surface area contributed by atoms with Gasteiger partial charge in [0, 0.05) is 31.1 Å². The SMILES string of the molecule is Cc1ccc(S(=O)(=O)N2CCC[C@H](C(=O)N3CCn4c3nc3ccccc34)C2)s1. The molecule has 1 atom stereocenters. The first-order valence-electron chi connectivity index (χ1n) is 9.78. The van der Waals surface area contributed by atoms with E-state index in [0.717, 1.165) is 15.9 Å². The highest BCUT2D eigenvalue weighted by atomic mass is 32.2. The van der Waals surface area contributed by atoms with Crippen LogP contribution in [0.3, 0.4) is 0 Å². The summed E-state index contributed by atoms with van der Waals surface area (Å²) in [5, 5.41) is 0. The maximum absolute atomic E-state index is 13.3. The van der Waals surface area contributed by atoms with Gasteiger partial charge in [-0.1, -0.05) is 12.1 Å². The van der Waals surface area contributed by atoms with Gasteiger partial charge in [-0.25, -0.2) is 13.4 Å². The highest BCUT2D eigenvalue weighted by Crippen LogP contribution is 2.32. The molecule has 4 heterocycles. The number of rotatable bonds is 3. The van der Waals surface area contributed by atoms with Gasteiger partial charge in [-0.15, -0.1) is 11.3 Å². The molecule has 9 heteroatoms. The summed E-state index contributed by atoms with van der Waals surface area (Å²) in [5.41, 5.74) is 1.90. The predicted octanol–water partition coefficient (Wildman–Crippen LogP) is 2.85. The number of aromatic nitrogens is 2. The van der Waals surface area contributed by atoms with E-state index in [1.165, 1.54) is 15.6 Å². The topological polar surface area (TPSA) is 75.5 Å². The van der Waals surface area contributed by atoms with Crippen LogP contribution in [0.25, 0.3) is 11.0 Å². The lowest BCUT2D eigenvalue weighted by Crippen LogP contribution is -2.46. The second kappa shape index (κ2) is 6.93. The molecule has 1 aromatic carbocycles. The molecular formula is C20H22N4O3S2. The number of carbonyl (C=O) groups is 1. The van der Waals surface area contributed by atoms with Crippen LogP contribution in [0.2, 0.25) is 0 Å². The van der Waals surface area contributed by atoms with Gasteiger partial charge in [-0.3, -0.25) is 9.69 Å². The van der Waals surface area contributed by atoms with Crippen molar-refractivity contribution in [1.82, 2.24) is 13.9 Å². The number of aryl methyl sites for hydroxylation is 1. The van der Waals surface area contributed by atoms with E-state index in [0.29, 0.717) is 42.6 Å². The molecule has 1 saturated heterocycles. The number of hydrogen-bond acceptors (Lipinski definition) is 5. The number of thiophene rings is 1. The first-order chi connectivity index (χ1) is 13.9. The van der Waals surface area contributed by atoms with E-state index in [4.69, 9.17) is 0 Å². The number of hydrogen-bond donors (Lipinski definition) is 0. The van der Waals surface area contributed by atoms with Crippen LogP contribution in [0, 0.1) is 12.8 Å². The Labute approximate surface area is 173 Å². The van der Waals surface area contributed by atoms with Gasteiger partial charge >= 0.3 is 0 Å². The zero-order valence-corrected chi connectivity index (χ0v) is 17.7. The summed E-state index contributed by atoms with van der Waals surface area (Å²) in [6.45, 7) is 3.88. The third kappa shape index (κ3) is 3.08. The number of anilines is 1. The maximum Gasteiger partial charge on any atom is 0.252 e. The second-order valence-electron chi connectivity index (χ2n) is 7.61. The normalized spacial score (nSPS) is 20.3. The van der Waals surface area contributed by atoms with Gasteiger partial charge < -0.3 is 4.57 Å². The Bertz CT molecular complexity index is 1200. The molecule has 0 spiro atoms. The number of piperidine rings is 1. The fourth-order valence-corrected chi connectivity index (χ4v) is 7.22. The number of amides is 1. The summed E-state index contributed by atoms with van der Waals surface area (Å²) in [7, 11) is -3.55. The molecule has 0 aliphatic carbocycles. The van der Waals surface area contributed by atoms with Crippen molar-refractivity contribution in [2.24, 2.45) is 5.92 Å². The highest BCUT2D eigenvalue weighted by Gasteiger charge is 2.38. The van der Waals surface area contributed by atoms with Gasteiger partial charge in [0.25, 0.3) is 10.0 Å². The van der Waals surface area contributed by atoms with Gasteiger partial charge in [0.15, 0.2) is 0 Å². The summed E-state index contributed by atoms with van der Waals surface area (Å²) in [6.07, 6.45) is 1.38. The Morgan fingerprint density at radius 3 is 2.76 bits per heavy atom. The standard InChI is InChI=1S/C20H22N4O3S2/c1-14-8-9-18(28-14)29(26,27)22-10-4-5-15(13-22)19(25)24-12-11-23-17-7-3-2-6-16(17)21-20(23)24/h2-3,6-9,15H,4-5,10-13H2,1H3/t15-/m0/s1. The minimum absolute atomic E-state index is 0.0266. The number of fused-ring (bicyclic) bond motifs is 3. The Kier molecular flexibility index (Phi) is 4.49. The van der Waals surface area contributed by atoms with Crippen molar-refractivity contribution < 1.29 is 13.2 Å². The lowest BCUT2D eigenvalue weighted by atomic mass is 9.98.